The van der Waals surface area contributed by atoms with Gasteiger partial charge in [0.15, 0.2) is 0 Å². The van der Waals surface area contributed by atoms with E-state index >= 15 is 0 Å². The predicted molar refractivity (Wildman–Crippen MR) is 99.2 cm³/mol. The van der Waals surface area contributed by atoms with Gasteiger partial charge in [0.25, 0.3) is 5.91 Å². The summed E-state index contributed by atoms with van der Waals surface area (Å²) in [6.45, 7) is -3.40. The zero-order valence-corrected chi connectivity index (χ0v) is 14.7. The van der Waals surface area contributed by atoms with E-state index in [1.807, 2.05) is 42.5 Å². The molecule has 3 aromatic carbocycles. The highest BCUT2D eigenvalue weighted by Crippen LogP contribution is 2.20. The number of carbonyl (C=O) groups is 2. The van der Waals surface area contributed by atoms with E-state index in [4.69, 9.17) is 4.74 Å². The van der Waals surface area contributed by atoms with Crippen LogP contribution < -0.4 is 10.1 Å². The maximum atomic E-state index is 12.4. The van der Waals surface area contributed by atoms with E-state index in [9.17, 15) is 18.4 Å². The first-order chi connectivity index (χ1) is 13.5. The van der Waals surface area contributed by atoms with E-state index in [2.05, 4.69) is 10.1 Å². The third-order valence-electron chi connectivity index (χ3n) is 4.01. The van der Waals surface area contributed by atoms with Crippen molar-refractivity contribution >= 4 is 22.6 Å². The Morgan fingerprint density at radius 1 is 0.929 bits per heavy atom. The molecule has 0 aromatic heterocycles. The van der Waals surface area contributed by atoms with Crippen LogP contribution in [0.25, 0.3) is 10.8 Å². The van der Waals surface area contributed by atoms with Gasteiger partial charge in [-0.15, -0.1) is 0 Å². The number of nitrogens with one attached hydrogen (secondary N) is 1. The Morgan fingerprint density at radius 3 is 2.46 bits per heavy atom. The summed E-state index contributed by atoms with van der Waals surface area (Å²) in [5.74, 6) is -1.62. The fraction of sp³-hybridized carbons (Fsp3) is 0.143. The van der Waals surface area contributed by atoms with Crippen LogP contribution in [0.1, 0.15) is 15.9 Å². The zero-order chi connectivity index (χ0) is 19.9. The lowest BCUT2D eigenvalue weighted by Gasteiger charge is -2.11. The van der Waals surface area contributed by atoms with Gasteiger partial charge in [0.05, 0.1) is 5.56 Å². The minimum atomic E-state index is -3.06. The van der Waals surface area contributed by atoms with Crippen molar-refractivity contribution in [2.45, 2.75) is 13.2 Å². The van der Waals surface area contributed by atoms with Crippen molar-refractivity contribution in [3.05, 3.63) is 77.9 Å². The van der Waals surface area contributed by atoms with Crippen LogP contribution in [0.4, 0.5) is 8.78 Å². The largest absolute Gasteiger partial charge is 0.459 e. The van der Waals surface area contributed by atoms with E-state index < -0.39 is 25.0 Å². The number of fused-ring (bicyclic) bond motifs is 1. The number of esters is 1. The molecule has 0 fully saturated rings. The van der Waals surface area contributed by atoms with Crippen molar-refractivity contribution in [1.29, 1.82) is 0 Å². The molecule has 7 heteroatoms. The van der Waals surface area contributed by atoms with Gasteiger partial charge in [-0.25, -0.2) is 0 Å². The summed E-state index contributed by atoms with van der Waals surface area (Å²) >= 11 is 0. The number of alkyl halides is 2. The van der Waals surface area contributed by atoms with Crippen LogP contribution in [0.15, 0.2) is 66.7 Å². The number of para-hydroxylation sites is 1. The Bertz CT molecular complexity index is 986. The molecule has 0 radical (unpaired) electrons. The van der Waals surface area contributed by atoms with Crippen LogP contribution in [-0.2, 0) is 16.1 Å². The number of hydrogen-bond acceptors (Lipinski definition) is 4. The monoisotopic (exact) mass is 385 g/mol. The number of carbonyl (C=O) groups excluding carboxylic acids is 2. The normalized spacial score (nSPS) is 10.7. The fourth-order valence-corrected chi connectivity index (χ4v) is 2.73. The average molecular weight is 385 g/mol. The van der Waals surface area contributed by atoms with E-state index in [1.165, 1.54) is 24.3 Å². The van der Waals surface area contributed by atoms with Gasteiger partial charge in [0, 0.05) is 0 Å². The maximum absolute atomic E-state index is 12.4. The number of ether oxygens (including phenoxy) is 2. The lowest BCUT2D eigenvalue weighted by molar-refractivity contribution is -0.143. The molecule has 0 saturated carbocycles. The molecule has 1 N–H and O–H groups in total. The molecule has 0 bridgehead atoms. The fourth-order valence-electron chi connectivity index (χ4n) is 2.73. The summed E-state index contributed by atoms with van der Waals surface area (Å²) in [4.78, 5) is 24.1. The molecular formula is C21H17F2NO4. The molecule has 3 aromatic rings. The van der Waals surface area contributed by atoms with Gasteiger partial charge < -0.3 is 14.8 Å². The Labute approximate surface area is 159 Å². The lowest BCUT2D eigenvalue weighted by atomic mass is 10.1. The molecule has 0 unspecified atom stereocenters. The van der Waals surface area contributed by atoms with Gasteiger partial charge in [0.2, 0.25) is 0 Å². The smallest absolute Gasteiger partial charge is 0.387 e. The first-order valence-corrected chi connectivity index (χ1v) is 8.49. The SMILES string of the molecule is O=C(CNC(=O)c1ccccc1OC(F)F)OCc1cccc2ccccc12. The van der Waals surface area contributed by atoms with Crippen LogP contribution in [0, 0.1) is 0 Å². The van der Waals surface area contributed by atoms with Gasteiger partial charge in [0.1, 0.15) is 18.9 Å². The van der Waals surface area contributed by atoms with Crippen molar-refractivity contribution in [2.24, 2.45) is 0 Å². The van der Waals surface area contributed by atoms with E-state index in [1.54, 1.807) is 0 Å². The van der Waals surface area contributed by atoms with Gasteiger partial charge in [-0.3, -0.25) is 9.59 Å². The molecule has 3 rings (SSSR count). The number of hydrogen-bond donors (Lipinski definition) is 1. The summed E-state index contributed by atoms with van der Waals surface area (Å²) in [5.41, 5.74) is 0.748. The molecule has 1 amide bonds. The molecule has 0 atom stereocenters. The second kappa shape index (κ2) is 8.94. The Balaban J connectivity index is 1.57. The van der Waals surface area contributed by atoms with Crippen LogP contribution in [-0.4, -0.2) is 25.0 Å². The Hall–Kier alpha value is -3.48. The number of halogens is 2. The molecule has 0 aliphatic carbocycles. The van der Waals surface area contributed by atoms with E-state index in [0.717, 1.165) is 16.3 Å². The maximum Gasteiger partial charge on any atom is 0.387 e. The first kappa shape index (κ1) is 19.3. The summed E-state index contributed by atoms with van der Waals surface area (Å²) in [5, 5.41) is 4.35. The average Bonchev–Trinajstić information content (AvgIpc) is 2.70. The molecule has 5 nitrogen and oxygen atoms in total. The van der Waals surface area contributed by atoms with Crippen molar-refractivity contribution in [1.82, 2.24) is 5.32 Å². The standard InChI is InChI=1S/C21H17F2NO4/c22-21(23)28-18-11-4-3-10-17(18)20(26)24-12-19(25)27-13-15-8-5-7-14-6-1-2-9-16(14)15/h1-11,21H,12-13H2,(H,24,26). The van der Waals surface area contributed by atoms with Gasteiger partial charge in [-0.2, -0.15) is 8.78 Å². The van der Waals surface area contributed by atoms with Crippen LogP contribution in [0.5, 0.6) is 5.75 Å². The van der Waals surface area contributed by atoms with Gasteiger partial charge in [-0.05, 0) is 28.5 Å². The minimum absolute atomic E-state index is 0.0567. The van der Waals surface area contributed by atoms with Gasteiger partial charge in [-0.1, -0.05) is 54.6 Å². The van der Waals surface area contributed by atoms with Crippen molar-refractivity contribution in [3.8, 4) is 5.75 Å². The molecule has 0 saturated heterocycles. The quantitative estimate of drug-likeness (QED) is 0.627. The Morgan fingerprint density at radius 2 is 1.64 bits per heavy atom. The molecule has 0 aliphatic rings. The summed E-state index contributed by atoms with van der Waals surface area (Å²) < 4.78 is 34.4. The summed E-state index contributed by atoms with van der Waals surface area (Å²) in [6.07, 6.45) is 0. The number of benzene rings is 3. The topological polar surface area (TPSA) is 64.6 Å². The lowest BCUT2D eigenvalue weighted by Crippen LogP contribution is -2.31. The van der Waals surface area contributed by atoms with Crippen LogP contribution >= 0.6 is 0 Å². The zero-order valence-electron chi connectivity index (χ0n) is 14.7. The predicted octanol–water partition coefficient (Wildman–Crippen LogP) is 3.91. The first-order valence-electron chi connectivity index (χ1n) is 8.49. The highest BCUT2D eigenvalue weighted by Gasteiger charge is 2.16. The highest BCUT2D eigenvalue weighted by atomic mass is 19.3. The molecule has 28 heavy (non-hydrogen) atoms. The van der Waals surface area contributed by atoms with E-state index in [-0.39, 0.29) is 17.9 Å². The summed E-state index contributed by atoms with van der Waals surface area (Å²) in [6, 6.07) is 18.9. The molecule has 144 valence electrons. The van der Waals surface area contributed by atoms with Gasteiger partial charge >= 0.3 is 12.6 Å². The van der Waals surface area contributed by atoms with Crippen molar-refractivity contribution in [2.75, 3.05) is 6.54 Å². The van der Waals surface area contributed by atoms with E-state index in [0.29, 0.717) is 0 Å². The third kappa shape index (κ3) is 4.82. The summed E-state index contributed by atoms with van der Waals surface area (Å²) in [7, 11) is 0. The van der Waals surface area contributed by atoms with Crippen molar-refractivity contribution in [3.63, 3.8) is 0 Å². The van der Waals surface area contributed by atoms with Crippen LogP contribution in [0.2, 0.25) is 0 Å². The molecule has 0 aliphatic heterocycles. The second-order valence-corrected chi connectivity index (χ2v) is 5.86. The van der Waals surface area contributed by atoms with Crippen molar-refractivity contribution < 1.29 is 27.8 Å². The second-order valence-electron chi connectivity index (χ2n) is 5.86. The molecule has 0 heterocycles. The number of rotatable bonds is 7. The van der Waals surface area contributed by atoms with Crippen LogP contribution in [0.3, 0.4) is 0 Å². The Kier molecular flexibility index (Phi) is 6.16. The molecular weight excluding hydrogens is 368 g/mol. The number of amides is 1. The minimum Gasteiger partial charge on any atom is -0.459 e. The highest BCUT2D eigenvalue weighted by molar-refractivity contribution is 5.98. The third-order valence-corrected chi connectivity index (χ3v) is 4.01. The molecule has 0 spiro atoms.